The number of nitriles is 1. The monoisotopic (exact) mass is 455 g/mol. The van der Waals surface area contributed by atoms with Gasteiger partial charge < -0.3 is 20.7 Å². The average molecular weight is 456 g/mol. The molecule has 4 aliphatic heterocycles. The highest BCUT2D eigenvalue weighted by molar-refractivity contribution is 5.96. The van der Waals surface area contributed by atoms with E-state index in [1.165, 1.54) is 0 Å². The van der Waals surface area contributed by atoms with Crippen LogP contribution in [0.1, 0.15) is 6.92 Å². The summed E-state index contributed by atoms with van der Waals surface area (Å²) >= 11 is 0. The zero-order valence-corrected chi connectivity index (χ0v) is 19.0. The van der Waals surface area contributed by atoms with Crippen molar-refractivity contribution >= 4 is 17.3 Å². The van der Waals surface area contributed by atoms with Gasteiger partial charge in [-0.2, -0.15) is 5.26 Å². The van der Waals surface area contributed by atoms with Gasteiger partial charge in [0.25, 0.3) is 0 Å². The summed E-state index contributed by atoms with van der Waals surface area (Å²) in [6.07, 6.45) is 2.76. The summed E-state index contributed by atoms with van der Waals surface area (Å²) in [6.45, 7) is 8.68. The minimum atomic E-state index is -0.507. The Hall–Kier alpha value is -2.33. The minimum absolute atomic E-state index is 0.0698. The van der Waals surface area contributed by atoms with Crippen molar-refractivity contribution in [2.45, 2.75) is 25.3 Å². The molecule has 0 spiro atoms. The number of piperazine rings is 1. The molecule has 33 heavy (non-hydrogen) atoms. The molecule has 0 aliphatic carbocycles. The lowest BCUT2D eigenvalue weighted by atomic mass is 9.91. The Bertz CT molecular complexity index is 896. The fourth-order valence-electron chi connectivity index (χ4n) is 5.22. The number of nitrogens with two attached hydrogens (primary N) is 1. The fraction of sp³-hybridized carbons (Fsp3) is 0.682. The summed E-state index contributed by atoms with van der Waals surface area (Å²) in [5.74, 6) is -0.490. The van der Waals surface area contributed by atoms with Crippen molar-refractivity contribution in [1.82, 2.24) is 25.6 Å². The van der Waals surface area contributed by atoms with E-state index in [0.717, 1.165) is 45.1 Å². The predicted octanol–water partition coefficient (Wildman–Crippen LogP) is -1.03. The summed E-state index contributed by atoms with van der Waals surface area (Å²) in [7, 11) is 0. The van der Waals surface area contributed by atoms with E-state index in [4.69, 9.17) is 10.5 Å². The highest BCUT2D eigenvalue weighted by Crippen LogP contribution is 2.30. The SMILES string of the molecule is CC(C#N)C1CNC2C(C(=O)Nc3cnccc3N3CCN(C4COC4)CC3)C(N)NN2C1. The Morgan fingerprint density at radius 3 is 2.85 bits per heavy atom. The van der Waals surface area contributed by atoms with Gasteiger partial charge in [-0.05, 0) is 13.0 Å². The van der Waals surface area contributed by atoms with Gasteiger partial charge in [-0.15, -0.1) is 0 Å². The van der Waals surface area contributed by atoms with Crippen molar-refractivity contribution in [3.05, 3.63) is 18.5 Å². The molecule has 5 unspecified atom stereocenters. The Labute approximate surface area is 194 Å². The number of aromatic nitrogens is 1. The van der Waals surface area contributed by atoms with Crippen molar-refractivity contribution in [2.75, 3.05) is 62.7 Å². The second-order valence-corrected chi connectivity index (χ2v) is 9.46. The number of nitrogens with one attached hydrogen (secondary N) is 3. The molecule has 5 rings (SSSR count). The van der Waals surface area contributed by atoms with Gasteiger partial charge in [0.2, 0.25) is 5.91 Å². The van der Waals surface area contributed by atoms with Crippen LogP contribution in [0.2, 0.25) is 0 Å². The molecule has 5 atom stereocenters. The number of fused-ring (bicyclic) bond motifs is 1. The van der Waals surface area contributed by atoms with Crippen LogP contribution < -0.4 is 26.7 Å². The van der Waals surface area contributed by atoms with Gasteiger partial charge in [0, 0.05) is 57.3 Å². The van der Waals surface area contributed by atoms with Crippen LogP contribution in [0.4, 0.5) is 11.4 Å². The quantitative estimate of drug-likeness (QED) is 0.436. The molecule has 4 aliphatic rings. The van der Waals surface area contributed by atoms with E-state index in [2.05, 4.69) is 36.9 Å². The molecule has 5 heterocycles. The van der Waals surface area contributed by atoms with Gasteiger partial charge >= 0.3 is 0 Å². The van der Waals surface area contributed by atoms with E-state index in [1.54, 1.807) is 12.4 Å². The Balaban J connectivity index is 1.24. The van der Waals surface area contributed by atoms with Gasteiger partial charge in [-0.25, -0.2) is 10.4 Å². The molecular formula is C22H33N9O2. The fourth-order valence-corrected chi connectivity index (χ4v) is 5.22. The average Bonchev–Trinajstić information content (AvgIpc) is 3.13. The van der Waals surface area contributed by atoms with Crippen molar-refractivity contribution in [2.24, 2.45) is 23.5 Å². The maximum atomic E-state index is 13.4. The van der Waals surface area contributed by atoms with Crippen molar-refractivity contribution in [3.63, 3.8) is 0 Å². The van der Waals surface area contributed by atoms with E-state index in [-0.39, 0.29) is 23.9 Å². The molecule has 0 radical (unpaired) electrons. The van der Waals surface area contributed by atoms with E-state index >= 15 is 0 Å². The summed E-state index contributed by atoms with van der Waals surface area (Å²) in [4.78, 5) is 22.4. The molecule has 11 heteroatoms. The molecule has 4 fully saturated rings. The number of hydrazine groups is 1. The first kappa shape index (κ1) is 22.5. The second-order valence-electron chi connectivity index (χ2n) is 9.46. The predicted molar refractivity (Wildman–Crippen MR) is 123 cm³/mol. The molecular weight excluding hydrogens is 422 g/mol. The second kappa shape index (κ2) is 9.50. The summed E-state index contributed by atoms with van der Waals surface area (Å²) in [5.41, 5.74) is 11.2. The van der Waals surface area contributed by atoms with Crippen LogP contribution in [0.5, 0.6) is 0 Å². The van der Waals surface area contributed by atoms with Crippen LogP contribution in [0, 0.1) is 29.1 Å². The summed E-state index contributed by atoms with van der Waals surface area (Å²) in [5, 5.41) is 17.8. The maximum Gasteiger partial charge on any atom is 0.233 e. The van der Waals surface area contributed by atoms with Crippen LogP contribution >= 0.6 is 0 Å². The number of anilines is 2. The molecule has 178 valence electrons. The van der Waals surface area contributed by atoms with E-state index in [0.29, 0.717) is 24.8 Å². The van der Waals surface area contributed by atoms with Gasteiger partial charge in [0.1, 0.15) is 0 Å². The normalized spacial score (nSPS) is 32.0. The van der Waals surface area contributed by atoms with Crippen molar-refractivity contribution in [1.29, 1.82) is 5.26 Å². The standard InChI is InChI=1S/C22H33N9O2/c1-14(8-23)15-9-26-21-19(20(24)28-31(21)11-15)22(32)27-17-10-25-3-2-18(17)30-6-4-29(5-7-30)16-12-33-13-16/h2-3,10,14-16,19-21,26,28H,4-7,9,11-13,24H2,1H3,(H,27,32). The number of pyridine rings is 1. The Kier molecular flexibility index (Phi) is 6.47. The smallest absolute Gasteiger partial charge is 0.233 e. The molecule has 4 saturated heterocycles. The summed E-state index contributed by atoms with van der Waals surface area (Å²) < 4.78 is 5.33. The van der Waals surface area contributed by atoms with Crippen molar-refractivity contribution < 1.29 is 9.53 Å². The highest BCUT2D eigenvalue weighted by Gasteiger charge is 2.47. The third kappa shape index (κ3) is 4.42. The lowest BCUT2D eigenvalue weighted by molar-refractivity contribution is -0.121. The first-order valence-corrected chi connectivity index (χ1v) is 11.8. The van der Waals surface area contributed by atoms with Gasteiger partial charge in [-0.1, -0.05) is 0 Å². The Morgan fingerprint density at radius 2 is 2.15 bits per heavy atom. The van der Waals surface area contributed by atoms with Gasteiger partial charge in [0.15, 0.2) is 0 Å². The summed E-state index contributed by atoms with van der Waals surface area (Å²) in [6, 6.07) is 4.82. The molecule has 1 amide bonds. The number of carbonyl (C=O) groups excluding carboxylic acids is 1. The molecule has 5 N–H and O–H groups in total. The van der Waals surface area contributed by atoms with E-state index in [1.807, 2.05) is 18.0 Å². The molecule has 11 nitrogen and oxygen atoms in total. The Morgan fingerprint density at radius 1 is 1.36 bits per heavy atom. The largest absolute Gasteiger partial charge is 0.378 e. The third-order valence-electron chi connectivity index (χ3n) is 7.46. The van der Waals surface area contributed by atoms with Gasteiger partial charge in [0.05, 0.1) is 61.1 Å². The van der Waals surface area contributed by atoms with Crippen LogP contribution in [-0.4, -0.2) is 91.7 Å². The number of hydrogen-bond acceptors (Lipinski definition) is 10. The number of amides is 1. The number of ether oxygens (including phenoxy) is 1. The highest BCUT2D eigenvalue weighted by atomic mass is 16.5. The zero-order valence-electron chi connectivity index (χ0n) is 19.0. The van der Waals surface area contributed by atoms with Crippen molar-refractivity contribution in [3.8, 4) is 6.07 Å². The molecule has 0 saturated carbocycles. The minimum Gasteiger partial charge on any atom is -0.378 e. The third-order valence-corrected chi connectivity index (χ3v) is 7.46. The van der Waals surface area contributed by atoms with Crippen LogP contribution in [-0.2, 0) is 9.53 Å². The lowest BCUT2D eigenvalue weighted by Gasteiger charge is -2.43. The topological polar surface area (TPSA) is 135 Å². The number of hydrogen-bond donors (Lipinski definition) is 4. The number of nitrogens with zero attached hydrogens (tertiary/aromatic N) is 5. The maximum absolute atomic E-state index is 13.4. The first-order valence-electron chi connectivity index (χ1n) is 11.8. The van der Waals surface area contributed by atoms with Crippen LogP contribution in [0.3, 0.4) is 0 Å². The van der Waals surface area contributed by atoms with Crippen LogP contribution in [0.25, 0.3) is 0 Å². The number of carbonyl (C=O) groups is 1. The lowest BCUT2D eigenvalue weighted by Crippen LogP contribution is -2.58. The van der Waals surface area contributed by atoms with E-state index in [9.17, 15) is 10.1 Å². The number of rotatable bonds is 5. The van der Waals surface area contributed by atoms with Crippen LogP contribution in [0.15, 0.2) is 18.5 Å². The molecule has 0 aromatic carbocycles. The van der Waals surface area contributed by atoms with E-state index < -0.39 is 12.1 Å². The zero-order chi connectivity index (χ0) is 22.9. The molecule has 1 aromatic rings. The first-order chi connectivity index (χ1) is 16.0. The van der Waals surface area contributed by atoms with Gasteiger partial charge in [-0.3, -0.25) is 20.0 Å². The molecule has 0 bridgehead atoms. The molecule has 1 aromatic heterocycles.